The number of benzene rings is 1. The van der Waals surface area contributed by atoms with Crippen molar-refractivity contribution in [1.29, 1.82) is 0 Å². The number of ether oxygens (including phenoxy) is 1. The molecular weight excluding hydrogens is 218 g/mol. The van der Waals surface area contributed by atoms with Gasteiger partial charge in [0.2, 0.25) is 0 Å². The second kappa shape index (κ2) is 6.67. The molecule has 0 aliphatic carbocycles. The lowest BCUT2D eigenvalue weighted by Crippen LogP contribution is -2.30. The highest BCUT2D eigenvalue weighted by Gasteiger charge is 2.09. The van der Waals surface area contributed by atoms with Crippen molar-refractivity contribution in [2.45, 2.75) is 6.42 Å². The number of hydrogen-bond acceptors (Lipinski definition) is 4. The molecule has 17 heavy (non-hydrogen) atoms. The lowest BCUT2D eigenvalue weighted by Gasteiger charge is -2.07. The summed E-state index contributed by atoms with van der Waals surface area (Å²) in [6, 6.07) is 5.23. The fourth-order valence-corrected chi connectivity index (χ4v) is 1.39. The van der Waals surface area contributed by atoms with Gasteiger partial charge in [-0.15, -0.1) is 0 Å². The number of nitrogens with one attached hydrogen (secondary N) is 1. The summed E-state index contributed by atoms with van der Waals surface area (Å²) in [5.74, 6) is 5.39. The molecule has 0 aliphatic heterocycles. The Morgan fingerprint density at radius 2 is 2.29 bits per heavy atom. The Balaban J connectivity index is 3.06. The average molecular weight is 235 g/mol. The van der Waals surface area contributed by atoms with E-state index in [0.29, 0.717) is 17.9 Å². The Bertz CT molecular complexity index is 416. The van der Waals surface area contributed by atoms with Crippen LogP contribution in [0.15, 0.2) is 24.3 Å². The van der Waals surface area contributed by atoms with Gasteiger partial charge < -0.3 is 10.5 Å². The number of methoxy groups -OCH3 is 1. The van der Waals surface area contributed by atoms with Gasteiger partial charge in [0.1, 0.15) is 5.75 Å². The van der Waals surface area contributed by atoms with E-state index in [1.54, 1.807) is 25.3 Å². The quantitative estimate of drug-likeness (QED) is 0.397. The molecule has 0 radical (unpaired) electrons. The van der Waals surface area contributed by atoms with Crippen LogP contribution in [0.1, 0.15) is 22.3 Å². The summed E-state index contributed by atoms with van der Waals surface area (Å²) < 4.78 is 5.07. The van der Waals surface area contributed by atoms with Gasteiger partial charge in [0.15, 0.2) is 0 Å². The highest BCUT2D eigenvalue weighted by Crippen LogP contribution is 2.19. The molecule has 1 rings (SSSR count). The van der Waals surface area contributed by atoms with Crippen molar-refractivity contribution in [3.63, 3.8) is 0 Å². The van der Waals surface area contributed by atoms with Crippen molar-refractivity contribution in [2.24, 2.45) is 11.6 Å². The molecule has 0 aromatic heterocycles. The Hall–Kier alpha value is -1.85. The van der Waals surface area contributed by atoms with Crippen LogP contribution in [0.2, 0.25) is 0 Å². The van der Waals surface area contributed by atoms with E-state index < -0.39 is 0 Å². The second-order valence-electron chi connectivity index (χ2n) is 3.41. The van der Waals surface area contributed by atoms with Gasteiger partial charge in [-0.3, -0.25) is 10.2 Å². The van der Waals surface area contributed by atoms with E-state index in [1.807, 2.05) is 12.2 Å². The third-order valence-corrected chi connectivity index (χ3v) is 2.27. The number of hydrogen-bond donors (Lipinski definition) is 3. The van der Waals surface area contributed by atoms with Gasteiger partial charge in [0.05, 0.1) is 12.7 Å². The molecule has 1 amide bonds. The molecule has 0 heterocycles. The predicted octanol–water partition coefficient (Wildman–Crippen LogP) is 0.661. The standard InChI is InChI=1S/C12H17N3O2/c1-17-10-6-5-9(4-2-3-7-13)11(8-10)12(16)15-14/h2,4-6,8H,3,7,13-14H2,1H3,(H,15,16). The van der Waals surface area contributed by atoms with Crippen LogP contribution in [0.5, 0.6) is 5.75 Å². The molecule has 5 nitrogen and oxygen atoms in total. The summed E-state index contributed by atoms with van der Waals surface area (Å²) in [7, 11) is 1.55. The molecule has 0 saturated carbocycles. The minimum atomic E-state index is -0.351. The van der Waals surface area contributed by atoms with E-state index in [-0.39, 0.29) is 5.91 Å². The fraction of sp³-hybridized carbons (Fsp3) is 0.250. The number of nitrogen functional groups attached to an aromatic ring is 1. The maximum Gasteiger partial charge on any atom is 0.265 e. The summed E-state index contributed by atoms with van der Waals surface area (Å²) in [6.07, 6.45) is 4.52. The number of hydrazine groups is 1. The average Bonchev–Trinajstić information content (AvgIpc) is 2.38. The van der Waals surface area contributed by atoms with Crippen molar-refractivity contribution in [1.82, 2.24) is 5.43 Å². The molecule has 5 heteroatoms. The second-order valence-corrected chi connectivity index (χ2v) is 3.41. The number of carbonyl (C=O) groups is 1. The summed E-state index contributed by atoms with van der Waals surface area (Å²) in [5, 5.41) is 0. The number of nitrogens with two attached hydrogens (primary N) is 2. The van der Waals surface area contributed by atoms with E-state index in [0.717, 1.165) is 12.0 Å². The summed E-state index contributed by atoms with van der Waals surface area (Å²) in [5.41, 5.74) is 8.75. The lowest BCUT2D eigenvalue weighted by atomic mass is 10.1. The first-order valence-electron chi connectivity index (χ1n) is 5.28. The monoisotopic (exact) mass is 235 g/mol. The minimum absolute atomic E-state index is 0.351. The maximum atomic E-state index is 11.6. The van der Waals surface area contributed by atoms with Crippen LogP contribution in [-0.4, -0.2) is 19.6 Å². The number of amides is 1. The van der Waals surface area contributed by atoms with Gasteiger partial charge in [-0.1, -0.05) is 18.2 Å². The zero-order valence-electron chi connectivity index (χ0n) is 9.77. The van der Waals surface area contributed by atoms with Gasteiger partial charge in [-0.05, 0) is 30.7 Å². The summed E-state index contributed by atoms with van der Waals surface area (Å²) >= 11 is 0. The van der Waals surface area contributed by atoms with E-state index in [9.17, 15) is 4.79 Å². The molecule has 0 saturated heterocycles. The zero-order valence-corrected chi connectivity index (χ0v) is 9.77. The van der Waals surface area contributed by atoms with Gasteiger partial charge in [0.25, 0.3) is 5.91 Å². The van der Waals surface area contributed by atoms with Crippen LogP contribution in [0.25, 0.3) is 6.08 Å². The van der Waals surface area contributed by atoms with E-state index in [1.165, 1.54) is 0 Å². The van der Waals surface area contributed by atoms with Crippen molar-refractivity contribution in [3.05, 3.63) is 35.4 Å². The van der Waals surface area contributed by atoms with Gasteiger partial charge in [-0.25, -0.2) is 5.84 Å². The Labute approximate surface area is 100 Å². The van der Waals surface area contributed by atoms with E-state index in [2.05, 4.69) is 5.43 Å². The SMILES string of the molecule is COc1ccc(C=CCCN)c(C(=O)NN)c1. The molecular formula is C12H17N3O2. The molecule has 1 aromatic carbocycles. The van der Waals surface area contributed by atoms with E-state index >= 15 is 0 Å². The minimum Gasteiger partial charge on any atom is -0.497 e. The maximum absolute atomic E-state index is 11.6. The fourth-order valence-electron chi connectivity index (χ4n) is 1.39. The van der Waals surface area contributed by atoms with Gasteiger partial charge >= 0.3 is 0 Å². The molecule has 1 aromatic rings. The smallest absolute Gasteiger partial charge is 0.265 e. The largest absolute Gasteiger partial charge is 0.497 e. The van der Waals surface area contributed by atoms with Crippen LogP contribution < -0.4 is 21.7 Å². The Morgan fingerprint density at radius 1 is 1.53 bits per heavy atom. The molecule has 0 bridgehead atoms. The first-order valence-corrected chi connectivity index (χ1v) is 5.28. The van der Waals surface area contributed by atoms with E-state index in [4.69, 9.17) is 16.3 Å². The highest BCUT2D eigenvalue weighted by molar-refractivity contribution is 5.97. The lowest BCUT2D eigenvalue weighted by molar-refractivity contribution is 0.0953. The van der Waals surface area contributed by atoms with Crippen LogP contribution in [0.3, 0.4) is 0 Å². The van der Waals surface area contributed by atoms with Crippen LogP contribution in [0, 0.1) is 0 Å². The van der Waals surface area contributed by atoms with Gasteiger partial charge in [-0.2, -0.15) is 0 Å². The Kier molecular flexibility index (Phi) is 5.19. The summed E-state index contributed by atoms with van der Waals surface area (Å²) in [4.78, 5) is 11.6. The first kappa shape index (κ1) is 13.2. The van der Waals surface area contributed by atoms with Crippen molar-refractivity contribution < 1.29 is 9.53 Å². The van der Waals surface area contributed by atoms with Crippen LogP contribution in [0.4, 0.5) is 0 Å². The molecule has 0 fully saturated rings. The molecule has 0 spiro atoms. The van der Waals surface area contributed by atoms with Crippen molar-refractivity contribution >= 4 is 12.0 Å². The predicted molar refractivity (Wildman–Crippen MR) is 67.4 cm³/mol. The molecule has 0 atom stereocenters. The highest BCUT2D eigenvalue weighted by atomic mass is 16.5. The van der Waals surface area contributed by atoms with Crippen molar-refractivity contribution in [3.8, 4) is 5.75 Å². The van der Waals surface area contributed by atoms with Crippen molar-refractivity contribution in [2.75, 3.05) is 13.7 Å². The number of carbonyl (C=O) groups excluding carboxylic acids is 1. The summed E-state index contributed by atoms with van der Waals surface area (Å²) in [6.45, 7) is 0.574. The third-order valence-electron chi connectivity index (χ3n) is 2.27. The Morgan fingerprint density at radius 3 is 2.88 bits per heavy atom. The third kappa shape index (κ3) is 3.58. The normalized spacial score (nSPS) is 10.5. The van der Waals surface area contributed by atoms with Gasteiger partial charge in [0, 0.05) is 0 Å². The zero-order chi connectivity index (χ0) is 12.7. The first-order chi connectivity index (χ1) is 8.22. The molecule has 5 N–H and O–H groups in total. The number of rotatable bonds is 5. The molecule has 92 valence electrons. The molecule has 0 unspecified atom stereocenters. The topological polar surface area (TPSA) is 90.4 Å². The van der Waals surface area contributed by atoms with Crippen LogP contribution in [-0.2, 0) is 0 Å². The molecule has 0 aliphatic rings. The van der Waals surface area contributed by atoms with Crippen LogP contribution >= 0.6 is 0 Å².